The fourth-order valence-corrected chi connectivity index (χ4v) is 3.43. The predicted molar refractivity (Wildman–Crippen MR) is 102 cm³/mol. The maximum absolute atomic E-state index is 12.5. The van der Waals surface area contributed by atoms with Gasteiger partial charge in [-0.05, 0) is 38.2 Å². The Kier molecular flexibility index (Phi) is 7.45. The van der Waals surface area contributed by atoms with Crippen molar-refractivity contribution in [3.05, 3.63) is 35.9 Å². The number of likely N-dealkylation sites (tertiary alicyclic amines) is 1. The molecule has 1 aromatic carbocycles. The van der Waals surface area contributed by atoms with E-state index in [1.165, 1.54) is 0 Å². The number of carbonyl (C=O) groups is 2. The summed E-state index contributed by atoms with van der Waals surface area (Å²) >= 11 is 0. The van der Waals surface area contributed by atoms with Crippen molar-refractivity contribution >= 4 is 12.0 Å². The molecule has 0 aliphatic carbocycles. The average Bonchev–Trinajstić information content (AvgIpc) is 2.94. The summed E-state index contributed by atoms with van der Waals surface area (Å²) in [4.78, 5) is 25.8. The van der Waals surface area contributed by atoms with Crippen molar-refractivity contribution < 1.29 is 14.7 Å². The molecule has 3 atom stereocenters. The summed E-state index contributed by atoms with van der Waals surface area (Å²) in [7, 11) is 0. The number of carbonyl (C=O) groups excluding carboxylic acids is 1. The third kappa shape index (κ3) is 6.33. The van der Waals surface area contributed by atoms with Crippen LogP contribution in [0.4, 0.5) is 4.79 Å². The number of carboxylic acid groups (broad SMARTS) is 1. The van der Waals surface area contributed by atoms with Gasteiger partial charge >= 0.3 is 12.0 Å². The Balaban J connectivity index is 1.91. The summed E-state index contributed by atoms with van der Waals surface area (Å²) in [6, 6.07) is 10.0. The van der Waals surface area contributed by atoms with Crippen LogP contribution >= 0.6 is 0 Å². The fourth-order valence-electron chi connectivity index (χ4n) is 3.43. The highest BCUT2D eigenvalue weighted by molar-refractivity contribution is 5.75. The van der Waals surface area contributed by atoms with Crippen LogP contribution in [-0.4, -0.2) is 53.2 Å². The topological polar surface area (TPSA) is 81.7 Å². The second-order valence-corrected chi connectivity index (χ2v) is 7.57. The van der Waals surface area contributed by atoms with E-state index in [0.717, 1.165) is 18.7 Å². The van der Waals surface area contributed by atoms with Crippen LogP contribution in [-0.2, 0) is 11.2 Å². The number of carboxylic acids is 1. The Bertz CT molecular complexity index is 591. The summed E-state index contributed by atoms with van der Waals surface area (Å²) in [6.07, 6.45) is 1.08. The Morgan fingerprint density at radius 1 is 1.23 bits per heavy atom. The van der Waals surface area contributed by atoms with Crippen LogP contribution in [0.15, 0.2) is 30.3 Å². The second-order valence-electron chi connectivity index (χ2n) is 7.57. The third-order valence-corrected chi connectivity index (χ3v) is 5.05. The van der Waals surface area contributed by atoms with Crippen molar-refractivity contribution in [3.63, 3.8) is 0 Å². The van der Waals surface area contributed by atoms with Crippen LogP contribution < -0.4 is 10.6 Å². The first-order chi connectivity index (χ1) is 12.3. The lowest BCUT2D eigenvalue weighted by Crippen LogP contribution is -2.49. The average molecular weight is 361 g/mol. The maximum Gasteiger partial charge on any atom is 0.315 e. The Hall–Kier alpha value is -2.08. The smallest absolute Gasteiger partial charge is 0.315 e. The van der Waals surface area contributed by atoms with Gasteiger partial charge in [0, 0.05) is 37.6 Å². The zero-order valence-corrected chi connectivity index (χ0v) is 15.9. The number of benzene rings is 1. The number of aliphatic carboxylic acids is 1. The van der Waals surface area contributed by atoms with E-state index >= 15 is 0 Å². The number of urea groups is 1. The van der Waals surface area contributed by atoms with Crippen molar-refractivity contribution in [1.82, 2.24) is 15.5 Å². The van der Waals surface area contributed by atoms with Gasteiger partial charge in [-0.2, -0.15) is 0 Å². The molecule has 2 rings (SSSR count). The van der Waals surface area contributed by atoms with Gasteiger partial charge in [0.05, 0.1) is 0 Å². The molecule has 2 amide bonds. The monoisotopic (exact) mass is 361 g/mol. The van der Waals surface area contributed by atoms with Gasteiger partial charge in [-0.1, -0.05) is 37.3 Å². The van der Waals surface area contributed by atoms with Crippen molar-refractivity contribution in [2.75, 3.05) is 13.1 Å². The number of nitrogens with zero attached hydrogens (tertiary/aromatic N) is 1. The first-order valence-corrected chi connectivity index (χ1v) is 9.42. The molecule has 1 fully saturated rings. The molecule has 144 valence electrons. The summed E-state index contributed by atoms with van der Waals surface area (Å²) in [5.74, 6) is -0.447. The van der Waals surface area contributed by atoms with Crippen molar-refractivity contribution in [1.29, 1.82) is 0 Å². The number of hydrogen-bond donors (Lipinski definition) is 3. The third-order valence-electron chi connectivity index (χ3n) is 5.05. The molecule has 1 heterocycles. The SMILES string of the molecule is CC1CN(C(C)C)CC1NC(=O)NC(CCC(=O)O)Cc1ccccc1. The zero-order valence-electron chi connectivity index (χ0n) is 15.9. The molecule has 0 aromatic heterocycles. The van der Waals surface area contributed by atoms with Gasteiger partial charge in [0.15, 0.2) is 0 Å². The molecular formula is C20H31N3O3. The van der Waals surface area contributed by atoms with Crippen LogP contribution in [0.2, 0.25) is 0 Å². The molecule has 6 heteroatoms. The number of rotatable bonds is 8. The zero-order chi connectivity index (χ0) is 19.1. The fraction of sp³-hybridized carbons (Fsp3) is 0.600. The molecule has 6 nitrogen and oxygen atoms in total. The van der Waals surface area contributed by atoms with Crippen LogP contribution in [0.5, 0.6) is 0 Å². The number of nitrogens with one attached hydrogen (secondary N) is 2. The first kappa shape index (κ1) is 20.2. The highest BCUT2D eigenvalue weighted by Crippen LogP contribution is 2.18. The molecule has 0 bridgehead atoms. The van der Waals surface area contributed by atoms with Gasteiger partial charge in [-0.15, -0.1) is 0 Å². The first-order valence-electron chi connectivity index (χ1n) is 9.42. The normalized spacial score (nSPS) is 21.5. The molecule has 3 N–H and O–H groups in total. The van der Waals surface area contributed by atoms with Crippen molar-refractivity contribution in [2.24, 2.45) is 5.92 Å². The summed E-state index contributed by atoms with van der Waals surface area (Å²) < 4.78 is 0. The lowest BCUT2D eigenvalue weighted by Gasteiger charge is -2.23. The van der Waals surface area contributed by atoms with Crippen molar-refractivity contribution in [2.45, 2.75) is 58.2 Å². The number of hydrogen-bond acceptors (Lipinski definition) is 3. The molecule has 26 heavy (non-hydrogen) atoms. The maximum atomic E-state index is 12.5. The van der Waals surface area contributed by atoms with E-state index in [2.05, 4.69) is 36.3 Å². The van der Waals surface area contributed by atoms with E-state index in [1.807, 2.05) is 30.3 Å². The van der Waals surface area contributed by atoms with Crippen LogP contribution in [0.25, 0.3) is 0 Å². The molecule has 1 aliphatic heterocycles. The van der Waals surface area contributed by atoms with E-state index < -0.39 is 5.97 Å². The van der Waals surface area contributed by atoms with E-state index in [9.17, 15) is 9.59 Å². The molecule has 0 spiro atoms. The van der Waals surface area contributed by atoms with Gasteiger partial charge in [0.2, 0.25) is 0 Å². The largest absolute Gasteiger partial charge is 0.481 e. The molecular weight excluding hydrogens is 330 g/mol. The Labute approximate surface area is 156 Å². The Morgan fingerprint density at radius 2 is 1.92 bits per heavy atom. The molecule has 3 unspecified atom stereocenters. The van der Waals surface area contributed by atoms with Crippen LogP contribution in [0, 0.1) is 5.92 Å². The predicted octanol–water partition coefficient (Wildman–Crippen LogP) is 2.49. The van der Waals surface area contributed by atoms with E-state index in [-0.39, 0.29) is 24.5 Å². The van der Waals surface area contributed by atoms with E-state index in [1.54, 1.807) is 0 Å². The van der Waals surface area contributed by atoms with Gasteiger partial charge in [-0.25, -0.2) is 4.79 Å². The quantitative estimate of drug-likeness (QED) is 0.664. The molecule has 0 radical (unpaired) electrons. The summed E-state index contributed by atoms with van der Waals surface area (Å²) in [5.41, 5.74) is 1.09. The van der Waals surface area contributed by atoms with Crippen LogP contribution in [0.1, 0.15) is 39.2 Å². The second kappa shape index (κ2) is 9.57. The van der Waals surface area contributed by atoms with Crippen LogP contribution in [0.3, 0.4) is 0 Å². The number of amides is 2. The Morgan fingerprint density at radius 3 is 2.50 bits per heavy atom. The van der Waals surface area contributed by atoms with Crippen molar-refractivity contribution in [3.8, 4) is 0 Å². The van der Waals surface area contributed by atoms with Gasteiger partial charge < -0.3 is 15.7 Å². The minimum Gasteiger partial charge on any atom is -0.481 e. The van der Waals surface area contributed by atoms with Gasteiger partial charge in [0.25, 0.3) is 0 Å². The van der Waals surface area contributed by atoms with E-state index in [0.29, 0.717) is 24.8 Å². The minimum atomic E-state index is -0.845. The van der Waals surface area contributed by atoms with E-state index in [4.69, 9.17) is 5.11 Å². The van der Waals surface area contributed by atoms with Gasteiger partial charge in [0.1, 0.15) is 0 Å². The summed E-state index contributed by atoms with van der Waals surface area (Å²) in [5, 5.41) is 15.0. The summed E-state index contributed by atoms with van der Waals surface area (Å²) in [6.45, 7) is 8.31. The molecule has 0 saturated carbocycles. The standard InChI is InChI=1S/C20H31N3O3/c1-14(2)23-12-15(3)18(13-23)22-20(26)21-17(9-10-19(24)25)11-16-7-5-4-6-8-16/h4-8,14-15,17-18H,9-13H2,1-3H3,(H,24,25)(H2,21,22,26). The lowest BCUT2D eigenvalue weighted by molar-refractivity contribution is -0.137. The molecule has 1 aliphatic rings. The lowest BCUT2D eigenvalue weighted by atomic mass is 10.0. The molecule has 1 aromatic rings. The highest BCUT2D eigenvalue weighted by atomic mass is 16.4. The highest BCUT2D eigenvalue weighted by Gasteiger charge is 2.32. The molecule has 1 saturated heterocycles. The van der Waals surface area contributed by atoms with Gasteiger partial charge in [-0.3, -0.25) is 9.69 Å². The minimum absolute atomic E-state index is 0.0404.